The standard InChI is InChI=1S/C27H22N2O6/c1-3-7-21-14-19(15-23-25(28-35-27(23)30)20-8-5-4-6-9-20)16-24(33-2)26(21)34-17-18-10-12-22(13-11-18)29(31)32/h3-6,8-16H,1,7,17H2,2H3/b23-15-. The molecule has 0 aromatic heterocycles. The Kier molecular flexibility index (Phi) is 7.02. The molecule has 3 aromatic rings. The second-order valence-electron chi connectivity index (χ2n) is 7.66. The van der Waals surface area contributed by atoms with Crippen LogP contribution in [0.15, 0.2) is 90.1 Å². The van der Waals surface area contributed by atoms with Crippen molar-refractivity contribution in [2.24, 2.45) is 5.16 Å². The molecule has 8 heteroatoms. The number of carbonyl (C=O) groups is 1. The number of hydrogen-bond donors (Lipinski definition) is 0. The number of allylic oxidation sites excluding steroid dienone is 1. The molecular weight excluding hydrogens is 448 g/mol. The van der Waals surface area contributed by atoms with Crippen molar-refractivity contribution in [3.8, 4) is 11.5 Å². The van der Waals surface area contributed by atoms with Gasteiger partial charge in [-0.3, -0.25) is 10.1 Å². The molecule has 1 aliphatic rings. The van der Waals surface area contributed by atoms with E-state index in [1.807, 2.05) is 36.4 Å². The molecule has 0 spiro atoms. The predicted molar refractivity (Wildman–Crippen MR) is 131 cm³/mol. The fraction of sp³-hybridized carbons (Fsp3) is 0.111. The van der Waals surface area contributed by atoms with E-state index in [9.17, 15) is 14.9 Å². The van der Waals surface area contributed by atoms with Crippen LogP contribution >= 0.6 is 0 Å². The van der Waals surface area contributed by atoms with E-state index in [0.717, 1.165) is 16.7 Å². The van der Waals surface area contributed by atoms with E-state index in [0.29, 0.717) is 34.8 Å². The number of nitrogens with zero attached hydrogens (tertiary/aromatic N) is 2. The van der Waals surface area contributed by atoms with Crippen LogP contribution in [0.25, 0.3) is 6.08 Å². The zero-order valence-corrected chi connectivity index (χ0v) is 19.0. The zero-order valence-electron chi connectivity index (χ0n) is 19.0. The van der Waals surface area contributed by atoms with Gasteiger partial charge in [-0.15, -0.1) is 6.58 Å². The number of hydrogen-bond acceptors (Lipinski definition) is 7. The molecule has 0 saturated carbocycles. The van der Waals surface area contributed by atoms with Crippen molar-refractivity contribution in [1.29, 1.82) is 0 Å². The minimum atomic E-state index is -0.536. The molecule has 0 atom stereocenters. The van der Waals surface area contributed by atoms with E-state index in [1.165, 1.54) is 19.2 Å². The molecule has 0 bridgehead atoms. The number of methoxy groups -OCH3 is 1. The molecular formula is C27H22N2O6. The van der Waals surface area contributed by atoms with E-state index in [4.69, 9.17) is 14.3 Å². The fourth-order valence-corrected chi connectivity index (χ4v) is 3.64. The lowest BCUT2D eigenvalue weighted by atomic mass is 9.99. The summed E-state index contributed by atoms with van der Waals surface area (Å²) in [5.74, 6) is 0.466. The summed E-state index contributed by atoms with van der Waals surface area (Å²) < 4.78 is 11.6. The van der Waals surface area contributed by atoms with Crippen molar-refractivity contribution < 1.29 is 24.0 Å². The predicted octanol–water partition coefficient (Wildman–Crippen LogP) is 5.26. The Morgan fingerprint density at radius 1 is 1.11 bits per heavy atom. The molecule has 8 nitrogen and oxygen atoms in total. The number of rotatable bonds is 9. The second kappa shape index (κ2) is 10.5. The van der Waals surface area contributed by atoms with Gasteiger partial charge in [-0.2, -0.15) is 0 Å². The molecule has 0 saturated heterocycles. The van der Waals surface area contributed by atoms with Crippen LogP contribution < -0.4 is 9.47 Å². The third kappa shape index (κ3) is 5.27. The lowest BCUT2D eigenvalue weighted by Gasteiger charge is -2.16. The SMILES string of the molecule is C=CCc1cc(/C=C2\C(=O)ON=C2c2ccccc2)cc(OC)c1OCc1ccc([N+](=O)[O-])cc1. The van der Waals surface area contributed by atoms with Crippen LogP contribution in [0.2, 0.25) is 0 Å². The van der Waals surface area contributed by atoms with Crippen molar-refractivity contribution in [2.75, 3.05) is 7.11 Å². The maximum atomic E-state index is 12.4. The van der Waals surface area contributed by atoms with Gasteiger partial charge in [-0.25, -0.2) is 4.79 Å². The molecule has 176 valence electrons. The van der Waals surface area contributed by atoms with E-state index >= 15 is 0 Å². The Balaban J connectivity index is 1.65. The van der Waals surface area contributed by atoms with E-state index in [-0.39, 0.29) is 12.3 Å². The number of ether oxygens (including phenoxy) is 2. The summed E-state index contributed by atoms with van der Waals surface area (Å²) in [7, 11) is 1.53. The number of nitro groups is 1. The van der Waals surface area contributed by atoms with Crippen LogP contribution in [0.1, 0.15) is 22.3 Å². The average Bonchev–Trinajstić information content (AvgIpc) is 3.23. The van der Waals surface area contributed by atoms with Crippen LogP contribution in [-0.4, -0.2) is 23.7 Å². The van der Waals surface area contributed by atoms with Gasteiger partial charge in [0.05, 0.1) is 17.6 Å². The molecule has 0 unspecified atom stereocenters. The average molecular weight is 470 g/mol. The minimum Gasteiger partial charge on any atom is -0.493 e. The lowest BCUT2D eigenvalue weighted by Crippen LogP contribution is -2.07. The van der Waals surface area contributed by atoms with Gasteiger partial charge in [0.1, 0.15) is 12.3 Å². The third-order valence-corrected chi connectivity index (χ3v) is 5.32. The molecule has 0 radical (unpaired) electrons. The summed E-state index contributed by atoms with van der Waals surface area (Å²) >= 11 is 0. The van der Waals surface area contributed by atoms with Crippen molar-refractivity contribution in [3.05, 3.63) is 117 Å². The van der Waals surface area contributed by atoms with Crippen molar-refractivity contribution in [2.45, 2.75) is 13.0 Å². The minimum absolute atomic E-state index is 0.0138. The molecule has 1 heterocycles. The first-order valence-electron chi connectivity index (χ1n) is 10.7. The first kappa shape index (κ1) is 23.4. The van der Waals surface area contributed by atoms with Gasteiger partial charge in [-0.05, 0) is 47.9 Å². The Hall–Kier alpha value is -4.72. The second-order valence-corrected chi connectivity index (χ2v) is 7.66. The van der Waals surface area contributed by atoms with Gasteiger partial charge in [0.25, 0.3) is 5.69 Å². The zero-order chi connectivity index (χ0) is 24.8. The van der Waals surface area contributed by atoms with E-state index in [1.54, 1.807) is 30.4 Å². The molecule has 0 amide bonds. The largest absolute Gasteiger partial charge is 0.493 e. The monoisotopic (exact) mass is 470 g/mol. The van der Waals surface area contributed by atoms with Gasteiger partial charge < -0.3 is 14.3 Å². The molecule has 0 fully saturated rings. The van der Waals surface area contributed by atoms with Gasteiger partial charge in [0, 0.05) is 23.3 Å². The Labute approximate surface area is 201 Å². The third-order valence-electron chi connectivity index (χ3n) is 5.32. The lowest BCUT2D eigenvalue weighted by molar-refractivity contribution is -0.384. The Bertz CT molecular complexity index is 1330. The summed E-state index contributed by atoms with van der Waals surface area (Å²) in [5, 5.41) is 14.8. The number of benzene rings is 3. The summed E-state index contributed by atoms with van der Waals surface area (Å²) in [5.41, 5.74) is 3.86. The highest BCUT2D eigenvalue weighted by Crippen LogP contribution is 2.35. The van der Waals surface area contributed by atoms with Crippen LogP contribution in [-0.2, 0) is 22.7 Å². The Morgan fingerprint density at radius 3 is 2.51 bits per heavy atom. The van der Waals surface area contributed by atoms with E-state index in [2.05, 4.69) is 11.7 Å². The first-order chi connectivity index (χ1) is 17.0. The molecule has 1 aliphatic heterocycles. The molecule has 3 aromatic carbocycles. The molecule has 35 heavy (non-hydrogen) atoms. The highest BCUT2D eigenvalue weighted by atomic mass is 16.7. The number of carbonyl (C=O) groups excluding carboxylic acids is 1. The van der Waals surface area contributed by atoms with Crippen molar-refractivity contribution in [1.82, 2.24) is 0 Å². The quantitative estimate of drug-likeness (QED) is 0.139. The highest BCUT2D eigenvalue weighted by Gasteiger charge is 2.27. The van der Waals surface area contributed by atoms with Gasteiger partial charge >= 0.3 is 5.97 Å². The number of nitro benzene ring substituents is 1. The number of oxime groups is 1. The summed E-state index contributed by atoms with van der Waals surface area (Å²) in [4.78, 5) is 27.8. The van der Waals surface area contributed by atoms with Gasteiger partial charge in [-0.1, -0.05) is 41.6 Å². The maximum Gasteiger partial charge on any atom is 0.368 e. The molecule has 0 aliphatic carbocycles. The van der Waals surface area contributed by atoms with Crippen LogP contribution in [0.4, 0.5) is 5.69 Å². The van der Waals surface area contributed by atoms with E-state index < -0.39 is 10.9 Å². The number of non-ortho nitro benzene ring substituents is 1. The highest BCUT2D eigenvalue weighted by molar-refractivity contribution is 6.31. The molecule has 4 rings (SSSR count). The van der Waals surface area contributed by atoms with Gasteiger partial charge in [0.15, 0.2) is 11.5 Å². The first-order valence-corrected chi connectivity index (χ1v) is 10.7. The van der Waals surface area contributed by atoms with Crippen LogP contribution in [0, 0.1) is 10.1 Å². The fourth-order valence-electron chi connectivity index (χ4n) is 3.64. The van der Waals surface area contributed by atoms with Crippen LogP contribution in [0.5, 0.6) is 11.5 Å². The maximum absolute atomic E-state index is 12.4. The van der Waals surface area contributed by atoms with Crippen molar-refractivity contribution >= 4 is 23.4 Å². The topological polar surface area (TPSA) is 100 Å². The summed E-state index contributed by atoms with van der Waals surface area (Å²) in [6.45, 7) is 4.02. The molecule has 0 N–H and O–H groups in total. The normalized spacial score (nSPS) is 13.8. The van der Waals surface area contributed by atoms with Gasteiger partial charge in [0.2, 0.25) is 0 Å². The van der Waals surface area contributed by atoms with Crippen molar-refractivity contribution in [3.63, 3.8) is 0 Å². The smallest absolute Gasteiger partial charge is 0.368 e. The summed E-state index contributed by atoms with van der Waals surface area (Å²) in [6.07, 6.45) is 3.94. The Morgan fingerprint density at radius 2 is 1.86 bits per heavy atom. The summed E-state index contributed by atoms with van der Waals surface area (Å²) in [6, 6.07) is 19.1. The van der Waals surface area contributed by atoms with Crippen LogP contribution in [0.3, 0.4) is 0 Å².